The number of fused-ring (bicyclic) bond motifs is 1. The van der Waals surface area contributed by atoms with Gasteiger partial charge in [0.05, 0.1) is 28.9 Å². The van der Waals surface area contributed by atoms with Crippen LogP contribution in [0.3, 0.4) is 0 Å². The van der Waals surface area contributed by atoms with Crippen LogP contribution in [0.25, 0.3) is 28.2 Å². The van der Waals surface area contributed by atoms with Crippen LogP contribution in [0, 0.1) is 0 Å². The van der Waals surface area contributed by atoms with Gasteiger partial charge in [-0.3, -0.25) is 4.79 Å². The Morgan fingerprint density at radius 3 is 2.45 bits per heavy atom. The first-order valence-electron chi connectivity index (χ1n) is 9.41. The highest BCUT2D eigenvalue weighted by molar-refractivity contribution is 5.79. The fourth-order valence-corrected chi connectivity index (χ4v) is 3.09. The van der Waals surface area contributed by atoms with Crippen molar-refractivity contribution in [2.24, 2.45) is 0 Å². The number of aldehydes is 1. The van der Waals surface area contributed by atoms with Crippen LogP contribution in [0.2, 0.25) is 0 Å². The smallest absolute Gasteiger partial charge is 0.177 e. The topological polar surface area (TPSA) is 79.5 Å². The van der Waals surface area contributed by atoms with Crippen molar-refractivity contribution >= 4 is 17.6 Å². The number of nitrogens with one attached hydrogen (secondary N) is 1. The molecule has 0 fully saturated rings. The first-order valence-corrected chi connectivity index (χ1v) is 9.41. The summed E-state index contributed by atoms with van der Waals surface area (Å²) >= 11 is 0. The van der Waals surface area contributed by atoms with Crippen molar-refractivity contribution in [1.82, 2.24) is 14.6 Å². The molecule has 2 aromatic carbocycles. The number of carbonyl (C=O) groups excluding carboxylic acids is 1. The molecule has 2 aromatic heterocycles. The summed E-state index contributed by atoms with van der Waals surface area (Å²) in [6, 6.07) is 19.2. The van der Waals surface area contributed by atoms with Gasteiger partial charge in [-0.2, -0.15) is 5.10 Å². The summed E-state index contributed by atoms with van der Waals surface area (Å²) in [5.41, 5.74) is 4.72. The summed E-state index contributed by atoms with van der Waals surface area (Å²) in [5, 5.41) is 18.2. The monoisotopic (exact) mass is 386 g/mol. The molecule has 2 heterocycles. The number of aliphatic hydroxyl groups is 1. The minimum Gasteiger partial charge on any atom is -0.389 e. The molecular weight excluding hydrogens is 364 g/mol. The predicted octanol–water partition coefficient (Wildman–Crippen LogP) is 4.06. The number of rotatable bonds is 6. The van der Waals surface area contributed by atoms with Gasteiger partial charge in [-0.05, 0) is 19.9 Å². The van der Waals surface area contributed by atoms with Crippen LogP contribution in [0.1, 0.15) is 24.2 Å². The molecule has 0 aliphatic rings. The minimum atomic E-state index is -0.868. The zero-order valence-electron chi connectivity index (χ0n) is 16.3. The third-order valence-electron chi connectivity index (χ3n) is 4.59. The number of anilines is 1. The molecule has 29 heavy (non-hydrogen) atoms. The van der Waals surface area contributed by atoms with Gasteiger partial charge in [-0.15, -0.1) is 0 Å². The largest absolute Gasteiger partial charge is 0.389 e. The molecule has 0 amide bonds. The van der Waals surface area contributed by atoms with E-state index in [4.69, 9.17) is 5.10 Å². The molecule has 0 saturated carbocycles. The zero-order valence-corrected chi connectivity index (χ0v) is 16.3. The molecule has 0 radical (unpaired) electrons. The van der Waals surface area contributed by atoms with Gasteiger partial charge < -0.3 is 10.4 Å². The van der Waals surface area contributed by atoms with Crippen LogP contribution < -0.4 is 5.32 Å². The fraction of sp³-hybridized carbons (Fsp3) is 0.174. The molecule has 146 valence electrons. The lowest BCUT2D eigenvalue weighted by molar-refractivity contribution is 0.0945. The summed E-state index contributed by atoms with van der Waals surface area (Å²) in [6.45, 7) is 3.88. The van der Waals surface area contributed by atoms with Crippen molar-refractivity contribution in [3.8, 4) is 22.5 Å². The third-order valence-corrected chi connectivity index (χ3v) is 4.59. The van der Waals surface area contributed by atoms with Crippen LogP contribution in [0.5, 0.6) is 0 Å². The van der Waals surface area contributed by atoms with E-state index < -0.39 is 5.60 Å². The summed E-state index contributed by atoms with van der Waals surface area (Å²) in [5.74, 6) is 0. The van der Waals surface area contributed by atoms with E-state index in [1.807, 2.05) is 48.5 Å². The molecule has 0 bridgehead atoms. The van der Waals surface area contributed by atoms with Gasteiger partial charge in [0.25, 0.3) is 0 Å². The molecule has 4 aromatic rings. The van der Waals surface area contributed by atoms with E-state index in [0.29, 0.717) is 17.8 Å². The average molecular weight is 386 g/mol. The third kappa shape index (κ3) is 4.02. The maximum atomic E-state index is 11.0. The number of imidazole rings is 1. The summed E-state index contributed by atoms with van der Waals surface area (Å²) in [6.07, 6.45) is 2.59. The summed E-state index contributed by atoms with van der Waals surface area (Å²) in [7, 11) is 0. The zero-order chi connectivity index (χ0) is 20.4. The number of hydrogen-bond donors (Lipinski definition) is 2. The Bertz CT molecular complexity index is 1140. The van der Waals surface area contributed by atoms with Crippen LogP contribution in [0.15, 0.2) is 66.9 Å². The van der Waals surface area contributed by atoms with E-state index in [1.165, 1.54) is 0 Å². The summed E-state index contributed by atoms with van der Waals surface area (Å²) in [4.78, 5) is 15.5. The standard InChI is InChI=1S/C23H22N4O2/c1-23(2,29)15-25-20-12-19(17-6-4-3-5-7-17)26-27-21(13-24-22(20)27)18-10-8-16(14-28)9-11-18/h3-14,25,29H,15H2,1-2H3. The molecule has 6 nitrogen and oxygen atoms in total. The van der Waals surface area contributed by atoms with Crippen LogP contribution >= 0.6 is 0 Å². The lowest BCUT2D eigenvalue weighted by Gasteiger charge is -2.19. The van der Waals surface area contributed by atoms with Crippen LogP contribution in [-0.2, 0) is 0 Å². The van der Waals surface area contributed by atoms with E-state index in [-0.39, 0.29) is 0 Å². The van der Waals surface area contributed by atoms with Crippen molar-refractivity contribution < 1.29 is 9.90 Å². The Morgan fingerprint density at radius 1 is 1.07 bits per heavy atom. The van der Waals surface area contributed by atoms with Crippen molar-refractivity contribution in [3.63, 3.8) is 0 Å². The highest BCUT2D eigenvalue weighted by atomic mass is 16.3. The maximum absolute atomic E-state index is 11.0. The maximum Gasteiger partial charge on any atom is 0.177 e. The highest BCUT2D eigenvalue weighted by Crippen LogP contribution is 2.28. The van der Waals surface area contributed by atoms with Crippen LogP contribution in [0.4, 0.5) is 5.69 Å². The molecule has 0 saturated heterocycles. The fourth-order valence-electron chi connectivity index (χ4n) is 3.09. The van der Waals surface area contributed by atoms with Gasteiger partial charge in [0.2, 0.25) is 0 Å². The average Bonchev–Trinajstić information content (AvgIpc) is 3.16. The van der Waals surface area contributed by atoms with Crippen molar-refractivity contribution in [1.29, 1.82) is 0 Å². The quantitative estimate of drug-likeness (QED) is 0.489. The second-order valence-corrected chi connectivity index (χ2v) is 7.59. The van der Waals surface area contributed by atoms with Gasteiger partial charge in [0.1, 0.15) is 6.29 Å². The molecule has 0 atom stereocenters. The number of carbonyl (C=O) groups is 1. The Balaban J connectivity index is 1.87. The van der Waals surface area contributed by atoms with Gasteiger partial charge in [-0.1, -0.05) is 54.6 Å². The van der Waals surface area contributed by atoms with E-state index >= 15 is 0 Å². The number of benzene rings is 2. The molecule has 0 spiro atoms. The lowest BCUT2D eigenvalue weighted by Crippen LogP contribution is -2.29. The second kappa shape index (κ2) is 7.48. The SMILES string of the molecule is CC(C)(O)CNc1cc(-c2ccccc2)nn2c(-c3ccc(C=O)cc3)cnc12. The molecule has 0 aliphatic heterocycles. The van der Waals surface area contributed by atoms with E-state index in [2.05, 4.69) is 10.3 Å². The lowest BCUT2D eigenvalue weighted by atomic mass is 10.1. The molecule has 0 unspecified atom stereocenters. The molecule has 2 N–H and O–H groups in total. The number of hydrogen-bond acceptors (Lipinski definition) is 5. The number of aromatic nitrogens is 3. The second-order valence-electron chi connectivity index (χ2n) is 7.59. The highest BCUT2D eigenvalue weighted by Gasteiger charge is 2.17. The van der Waals surface area contributed by atoms with Crippen molar-refractivity contribution in [2.45, 2.75) is 19.4 Å². The normalized spacial score (nSPS) is 11.6. The predicted molar refractivity (Wildman–Crippen MR) is 114 cm³/mol. The summed E-state index contributed by atoms with van der Waals surface area (Å²) < 4.78 is 1.80. The first-order chi connectivity index (χ1) is 13.9. The Labute approximate surface area is 168 Å². The minimum absolute atomic E-state index is 0.372. The molecule has 4 rings (SSSR count). The van der Waals surface area contributed by atoms with E-state index in [1.54, 1.807) is 36.7 Å². The van der Waals surface area contributed by atoms with Crippen molar-refractivity contribution in [3.05, 3.63) is 72.4 Å². The van der Waals surface area contributed by atoms with Gasteiger partial charge in [0.15, 0.2) is 5.65 Å². The van der Waals surface area contributed by atoms with Gasteiger partial charge in [-0.25, -0.2) is 9.50 Å². The molecule has 6 heteroatoms. The van der Waals surface area contributed by atoms with Gasteiger partial charge in [0, 0.05) is 23.2 Å². The first kappa shape index (κ1) is 18.8. The van der Waals surface area contributed by atoms with Gasteiger partial charge >= 0.3 is 0 Å². The van der Waals surface area contributed by atoms with E-state index in [9.17, 15) is 9.90 Å². The van der Waals surface area contributed by atoms with Crippen LogP contribution in [-0.4, -0.2) is 38.1 Å². The Kier molecular flexibility index (Phi) is 4.86. The number of nitrogens with zero attached hydrogens (tertiary/aromatic N) is 3. The molecule has 0 aliphatic carbocycles. The van der Waals surface area contributed by atoms with E-state index in [0.717, 1.165) is 34.5 Å². The Morgan fingerprint density at radius 2 is 1.79 bits per heavy atom. The molecular formula is C23H22N4O2. The van der Waals surface area contributed by atoms with Crippen molar-refractivity contribution in [2.75, 3.05) is 11.9 Å². The Hall–Kier alpha value is -3.51.